The molecule has 0 fully saturated rings. The molecule has 0 aliphatic rings. The minimum absolute atomic E-state index is 0.243. The van der Waals surface area contributed by atoms with Crippen LogP contribution in [0.2, 0.25) is 10.0 Å². The summed E-state index contributed by atoms with van der Waals surface area (Å²) in [6, 6.07) is 7.10. The predicted molar refractivity (Wildman–Crippen MR) is 82.2 cm³/mol. The van der Waals surface area contributed by atoms with Gasteiger partial charge in [0.1, 0.15) is 0 Å². The van der Waals surface area contributed by atoms with Crippen LogP contribution in [0, 0.1) is 0 Å². The van der Waals surface area contributed by atoms with E-state index in [1.807, 2.05) is 12.1 Å². The van der Waals surface area contributed by atoms with Crippen molar-refractivity contribution < 1.29 is 0 Å². The van der Waals surface area contributed by atoms with Gasteiger partial charge in [-0.2, -0.15) is 0 Å². The molecule has 1 heterocycles. The van der Waals surface area contributed by atoms with Gasteiger partial charge in [-0.1, -0.05) is 29.3 Å². The third-order valence-corrected chi connectivity index (χ3v) is 6.17. The third-order valence-electron chi connectivity index (χ3n) is 2.27. The van der Waals surface area contributed by atoms with Gasteiger partial charge >= 0.3 is 0 Å². The Morgan fingerprint density at radius 3 is 2.41 bits per heavy atom. The summed E-state index contributed by atoms with van der Waals surface area (Å²) in [5.74, 6) is 0. The highest BCUT2D eigenvalue weighted by atomic mass is 79.9. The Bertz CT molecular complexity index is 537. The Kier molecular flexibility index (Phi) is 4.55. The van der Waals surface area contributed by atoms with E-state index in [0.717, 1.165) is 18.7 Å². The Morgan fingerprint density at radius 2 is 1.88 bits per heavy atom. The molecule has 0 aliphatic heterocycles. The zero-order valence-corrected chi connectivity index (χ0v) is 13.9. The molecule has 90 valence electrons. The van der Waals surface area contributed by atoms with Crippen LogP contribution in [0.1, 0.15) is 16.5 Å². The predicted octanol–water partition coefficient (Wildman–Crippen LogP) is 5.63. The normalized spacial score (nSPS) is 12.8. The van der Waals surface area contributed by atoms with Gasteiger partial charge in [0, 0.05) is 19.4 Å². The van der Waals surface area contributed by atoms with Crippen molar-refractivity contribution in [1.29, 1.82) is 0 Å². The molecular formula is C11H7Br2Cl2NS. The van der Waals surface area contributed by atoms with E-state index in [9.17, 15) is 0 Å². The first-order valence-corrected chi connectivity index (χ1v) is 7.80. The van der Waals surface area contributed by atoms with Gasteiger partial charge in [0.05, 0.1) is 9.83 Å². The zero-order chi connectivity index (χ0) is 12.6. The summed E-state index contributed by atoms with van der Waals surface area (Å²) < 4.78 is 2.02. The Labute approximate surface area is 130 Å². The summed E-state index contributed by atoms with van der Waals surface area (Å²) in [5.41, 5.74) is 7.06. The zero-order valence-electron chi connectivity index (χ0n) is 8.38. The van der Waals surface area contributed by atoms with Crippen molar-refractivity contribution >= 4 is 66.4 Å². The fraction of sp³-hybridized carbons (Fsp3) is 0.0909. The second kappa shape index (κ2) is 5.59. The number of nitrogens with two attached hydrogens (primary N) is 1. The Hall–Kier alpha value is 0.420. The lowest BCUT2D eigenvalue weighted by atomic mass is 10.1. The average molecular weight is 416 g/mol. The molecule has 1 aromatic heterocycles. The standard InChI is InChI=1S/C11H7Br2Cl2NS/c12-7-4-9(17-11(7)13)10(16)6-2-1-5(14)3-8(6)15/h1-4,10H,16H2. The maximum absolute atomic E-state index is 6.19. The molecule has 1 nitrogen and oxygen atoms in total. The van der Waals surface area contributed by atoms with Crippen molar-refractivity contribution in [1.82, 2.24) is 0 Å². The van der Waals surface area contributed by atoms with E-state index in [-0.39, 0.29) is 6.04 Å². The topological polar surface area (TPSA) is 26.0 Å². The van der Waals surface area contributed by atoms with E-state index in [1.54, 1.807) is 23.5 Å². The van der Waals surface area contributed by atoms with Crippen LogP contribution < -0.4 is 5.73 Å². The molecule has 1 unspecified atom stereocenters. The summed E-state index contributed by atoms with van der Waals surface area (Å²) in [6.45, 7) is 0. The fourth-order valence-corrected chi connectivity index (χ4v) is 4.06. The number of rotatable bonds is 2. The number of halogens is 4. The van der Waals surface area contributed by atoms with E-state index < -0.39 is 0 Å². The van der Waals surface area contributed by atoms with Crippen LogP contribution in [-0.4, -0.2) is 0 Å². The first-order chi connectivity index (χ1) is 7.99. The first kappa shape index (κ1) is 13.8. The van der Waals surface area contributed by atoms with E-state index in [1.165, 1.54) is 0 Å². The van der Waals surface area contributed by atoms with Crippen molar-refractivity contribution in [2.45, 2.75) is 6.04 Å². The van der Waals surface area contributed by atoms with E-state index in [0.29, 0.717) is 10.0 Å². The van der Waals surface area contributed by atoms with E-state index in [2.05, 4.69) is 31.9 Å². The van der Waals surface area contributed by atoms with Crippen molar-refractivity contribution in [3.05, 3.63) is 53.0 Å². The third kappa shape index (κ3) is 3.06. The minimum atomic E-state index is -0.243. The Balaban J connectivity index is 2.39. The van der Waals surface area contributed by atoms with Gasteiger partial charge in [-0.15, -0.1) is 11.3 Å². The molecule has 2 aromatic rings. The lowest BCUT2D eigenvalue weighted by molar-refractivity contribution is 0.893. The van der Waals surface area contributed by atoms with E-state index >= 15 is 0 Å². The highest BCUT2D eigenvalue weighted by Gasteiger charge is 2.16. The van der Waals surface area contributed by atoms with Crippen LogP contribution >= 0.6 is 66.4 Å². The summed E-state index contributed by atoms with van der Waals surface area (Å²) in [4.78, 5) is 1.04. The van der Waals surface area contributed by atoms with Crippen LogP contribution in [0.15, 0.2) is 32.5 Å². The van der Waals surface area contributed by atoms with Gasteiger partial charge in [0.2, 0.25) is 0 Å². The summed E-state index contributed by atoms with van der Waals surface area (Å²) in [7, 11) is 0. The molecule has 0 amide bonds. The van der Waals surface area contributed by atoms with Crippen molar-refractivity contribution in [2.75, 3.05) is 0 Å². The molecule has 0 radical (unpaired) electrons. The molecule has 0 aliphatic carbocycles. The van der Waals surface area contributed by atoms with Crippen LogP contribution in [-0.2, 0) is 0 Å². The van der Waals surface area contributed by atoms with Crippen LogP contribution in [0.4, 0.5) is 0 Å². The largest absolute Gasteiger partial charge is 0.320 e. The second-order valence-electron chi connectivity index (χ2n) is 3.41. The summed E-state index contributed by atoms with van der Waals surface area (Å²) >= 11 is 20.5. The molecular weight excluding hydrogens is 409 g/mol. The SMILES string of the molecule is NC(c1cc(Br)c(Br)s1)c1ccc(Cl)cc1Cl. The number of hydrogen-bond donors (Lipinski definition) is 1. The lowest BCUT2D eigenvalue weighted by Gasteiger charge is -2.12. The molecule has 0 saturated carbocycles. The molecule has 1 aromatic carbocycles. The maximum Gasteiger partial charge on any atom is 0.0843 e. The van der Waals surface area contributed by atoms with Gasteiger partial charge in [0.25, 0.3) is 0 Å². The van der Waals surface area contributed by atoms with Crippen LogP contribution in [0.25, 0.3) is 0 Å². The molecule has 0 bridgehead atoms. The number of thiophene rings is 1. The van der Waals surface area contributed by atoms with Gasteiger partial charge < -0.3 is 5.73 Å². The molecule has 2 rings (SSSR count). The van der Waals surface area contributed by atoms with E-state index in [4.69, 9.17) is 28.9 Å². The van der Waals surface area contributed by atoms with Crippen LogP contribution in [0.3, 0.4) is 0 Å². The van der Waals surface area contributed by atoms with Crippen molar-refractivity contribution in [3.8, 4) is 0 Å². The molecule has 0 spiro atoms. The van der Waals surface area contributed by atoms with Gasteiger partial charge in [-0.25, -0.2) is 0 Å². The minimum Gasteiger partial charge on any atom is -0.320 e. The second-order valence-corrected chi connectivity index (χ2v) is 7.51. The van der Waals surface area contributed by atoms with Gasteiger partial charge in [-0.05, 0) is 55.6 Å². The van der Waals surface area contributed by atoms with Crippen LogP contribution in [0.5, 0.6) is 0 Å². The average Bonchev–Trinajstić information content (AvgIpc) is 2.58. The van der Waals surface area contributed by atoms with Crippen molar-refractivity contribution in [3.63, 3.8) is 0 Å². The number of hydrogen-bond acceptors (Lipinski definition) is 2. The highest BCUT2D eigenvalue weighted by molar-refractivity contribution is 9.13. The molecule has 2 N–H and O–H groups in total. The smallest absolute Gasteiger partial charge is 0.0843 e. The molecule has 17 heavy (non-hydrogen) atoms. The first-order valence-electron chi connectivity index (χ1n) is 4.64. The molecule has 0 saturated heterocycles. The Morgan fingerprint density at radius 1 is 1.18 bits per heavy atom. The van der Waals surface area contributed by atoms with Crippen molar-refractivity contribution in [2.24, 2.45) is 5.73 Å². The monoisotopic (exact) mass is 413 g/mol. The molecule has 6 heteroatoms. The maximum atomic E-state index is 6.19. The number of benzene rings is 1. The van der Waals surface area contributed by atoms with Gasteiger partial charge in [-0.3, -0.25) is 0 Å². The van der Waals surface area contributed by atoms with Gasteiger partial charge in [0.15, 0.2) is 0 Å². The molecule has 1 atom stereocenters. The summed E-state index contributed by atoms with van der Waals surface area (Å²) in [6.07, 6.45) is 0. The summed E-state index contributed by atoms with van der Waals surface area (Å²) in [5, 5.41) is 1.20. The fourth-order valence-electron chi connectivity index (χ4n) is 1.42. The quantitative estimate of drug-likeness (QED) is 0.676. The highest BCUT2D eigenvalue weighted by Crippen LogP contribution is 2.38. The lowest BCUT2D eigenvalue weighted by Crippen LogP contribution is -2.10.